The van der Waals surface area contributed by atoms with Crippen molar-refractivity contribution in [1.29, 1.82) is 0 Å². The number of rotatable bonds is 8. The van der Waals surface area contributed by atoms with E-state index in [1.165, 1.54) is 12.8 Å². The number of ether oxygens (including phenoxy) is 1. The van der Waals surface area contributed by atoms with Gasteiger partial charge in [-0.15, -0.1) is 0 Å². The molecule has 2 aromatic heterocycles. The van der Waals surface area contributed by atoms with Crippen LogP contribution in [-0.4, -0.2) is 51.2 Å². The molecule has 28 heavy (non-hydrogen) atoms. The number of nitrogens with zero attached hydrogens (tertiary/aromatic N) is 4. The van der Waals surface area contributed by atoms with E-state index >= 15 is 0 Å². The molecule has 0 unspecified atom stereocenters. The first kappa shape index (κ1) is 19.1. The number of hydrogen-bond donors (Lipinski definition) is 0. The molecule has 1 saturated heterocycles. The number of aromatic nitrogens is 3. The Labute approximate surface area is 165 Å². The number of carbonyl (C=O) groups is 1. The van der Waals surface area contributed by atoms with Crippen LogP contribution in [0.2, 0.25) is 0 Å². The number of unbranched alkanes of at least 4 members (excludes halogenated alkanes) is 1. The summed E-state index contributed by atoms with van der Waals surface area (Å²) < 4.78 is 11.6. The molecule has 4 rings (SSSR count). The van der Waals surface area contributed by atoms with E-state index in [1.807, 2.05) is 17.0 Å². The smallest absolute Gasteiger partial charge is 0.227 e. The molecule has 2 aliphatic rings. The third kappa shape index (κ3) is 4.76. The lowest BCUT2D eigenvalue weighted by Crippen LogP contribution is -2.50. The van der Waals surface area contributed by atoms with Crippen LogP contribution in [0.5, 0.6) is 0 Å². The summed E-state index contributed by atoms with van der Waals surface area (Å²) in [6.45, 7) is 3.61. The van der Waals surface area contributed by atoms with Gasteiger partial charge in [0.25, 0.3) is 0 Å². The van der Waals surface area contributed by atoms with Gasteiger partial charge in [0, 0.05) is 43.9 Å². The molecule has 7 heteroatoms. The fraction of sp³-hybridized carbons (Fsp3) is 0.619. The first-order chi connectivity index (χ1) is 13.7. The summed E-state index contributed by atoms with van der Waals surface area (Å²) in [5.74, 6) is 1.82. The molecular formula is C21H28N4O3. The van der Waals surface area contributed by atoms with E-state index in [0.717, 1.165) is 31.4 Å². The van der Waals surface area contributed by atoms with Gasteiger partial charge in [-0.2, -0.15) is 4.98 Å². The Morgan fingerprint density at radius 3 is 2.82 bits per heavy atom. The van der Waals surface area contributed by atoms with E-state index in [4.69, 9.17) is 9.26 Å². The minimum atomic E-state index is 0.152. The molecule has 2 fully saturated rings. The van der Waals surface area contributed by atoms with Gasteiger partial charge in [-0.1, -0.05) is 24.9 Å². The van der Waals surface area contributed by atoms with Gasteiger partial charge in [0.2, 0.25) is 17.6 Å². The number of pyridine rings is 1. The maximum Gasteiger partial charge on any atom is 0.227 e. The van der Waals surface area contributed by atoms with Gasteiger partial charge >= 0.3 is 0 Å². The van der Waals surface area contributed by atoms with Crippen LogP contribution in [0, 0.1) is 5.92 Å². The van der Waals surface area contributed by atoms with Crippen molar-refractivity contribution < 1.29 is 14.1 Å². The third-order valence-corrected chi connectivity index (χ3v) is 5.53. The predicted molar refractivity (Wildman–Crippen MR) is 103 cm³/mol. The summed E-state index contributed by atoms with van der Waals surface area (Å²) in [7, 11) is 0. The molecule has 2 aromatic rings. The highest BCUT2D eigenvalue weighted by Crippen LogP contribution is 2.37. The van der Waals surface area contributed by atoms with Crippen molar-refractivity contribution in [3.8, 4) is 11.4 Å². The van der Waals surface area contributed by atoms with E-state index < -0.39 is 0 Å². The highest BCUT2D eigenvalue weighted by Gasteiger charge is 2.39. The number of hydrogen-bond acceptors (Lipinski definition) is 6. The standard InChI is InChI=1S/C21H28N4O3/c1-2-3-4-17-13-25(14-18(27-17)15-5-6-15)20(26)8-7-19-23-21(24-28-19)16-9-11-22-12-10-16/h9-12,15,17-18H,2-8,13-14H2,1H3/t17-,18-/m1/s1. The van der Waals surface area contributed by atoms with Crippen molar-refractivity contribution >= 4 is 5.91 Å². The van der Waals surface area contributed by atoms with Gasteiger partial charge in [0.05, 0.1) is 12.2 Å². The second-order valence-corrected chi connectivity index (χ2v) is 7.82. The van der Waals surface area contributed by atoms with Gasteiger partial charge in [0.15, 0.2) is 0 Å². The number of aryl methyl sites for hydroxylation is 1. The second kappa shape index (κ2) is 8.82. The number of amides is 1. The zero-order valence-electron chi connectivity index (χ0n) is 16.4. The Hall–Kier alpha value is -2.28. The normalized spacial score (nSPS) is 22.4. The van der Waals surface area contributed by atoms with Crippen LogP contribution in [-0.2, 0) is 16.0 Å². The fourth-order valence-corrected chi connectivity index (χ4v) is 3.74. The third-order valence-electron chi connectivity index (χ3n) is 5.53. The van der Waals surface area contributed by atoms with Crippen molar-refractivity contribution in [3.05, 3.63) is 30.4 Å². The van der Waals surface area contributed by atoms with E-state index in [0.29, 0.717) is 37.0 Å². The maximum absolute atomic E-state index is 12.8. The highest BCUT2D eigenvalue weighted by atomic mass is 16.5. The van der Waals surface area contributed by atoms with Crippen LogP contribution in [0.15, 0.2) is 29.0 Å². The molecule has 7 nitrogen and oxygen atoms in total. The number of carbonyl (C=O) groups excluding carboxylic acids is 1. The second-order valence-electron chi connectivity index (χ2n) is 7.82. The molecule has 0 spiro atoms. The Morgan fingerprint density at radius 1 is 1.25 bits per heavy atom. The molecule has 0 bridgehead atoms. The summed E-state index contributed by atoms with van der Waals surface area (Å²) in [5, 5.41) is 4.01. The van der Waals surface area contributed by atoms with Crippen LogP contribution in [0.4, 0.5) is 0 Å². The molecule has 150 valence electrons. The van der Waals surface area contributed by atoms with E-state index in [2.05, 4.69) is 22.0 Å². The lowest BCUT2D eigenvalue weighted by Gasteiger charge is -2.38. The van der Waals surface area contributed by atoms with Gasteiger partial charge in [-0.05, 0) is 37.3 Å². The highest BCUT2D eigenvalue weighted by molar-refractivity contribution is 5.76. The van der Waals surface area contributed by atoms with Crippen LogP contribution in [0.3, 0.4) is 0 Å². The molecule has 1 saturated carbocycles. The molecule has 0 N–H and O–H groups in total. The molecule has 1 amide bonds. The van der Waals surface area contributed by atoms with E-state index in [-0.39, 0.29) is 18.1 Å². The Bertz CT molecular complexity index is 775. The SMILES string of the molecule is CCCC[C@@H]1CN(C(=O)CCc2nc(-c3ccncc3)no2)C[C@H](C2CC2)O1. The summed E-state index contributed by atoms with van der Waals surface area (Å²) in [6.07, 6.45) is 10.4. The van der Waals surface area contributed by atoms with Gasteiger partial charge in [-0.3, -0.25) is 9.78 Å². The molecule has 1 aliphatic heterocycles. The average Bonchev–Trinajstić information content (AvgIpc) is 3.49. The van der Waals surface area contributed by atoms with E-state index in [9.17, 15) is 4.79 Å². The van der Waals surface area contributed by atoms with Crippen molar-refractivity contribution in [2.45, 2.75) is 64.1 Å². The minimum Gasteiger partial charge on any atom is -0.371 e. The summed E-state index contributed by atoms with van der Waals surface area (Å²) in [4.78, 5) is 23.2. The molecule has 1 aliphatic carbocycles. The van der Waals surface area contributed by atoms with E-state index in [1.54, 1.807) is 12.4 Å². The van der Waals surface area contributed by atoms with Crippen molar-refractivity contribution in [2.75, 3.05) is 13.1 Å². The Balaban J connectivity index is 1.33. The predicted octanol–water partition coefficient (Wildman–Crippen LogP) is 3.26. The van der Waals surface area contributed by atoms with Crippen LogP contribution < -0.4 is 0 Å². The van der Waals surface area contributed by atoms with Crippen molar-refractivity contribution in [2.24, 2.45) is 5.92 Å². The summed E-state index contributed by atoms with van der Waals surface area (Å²) in [5.41, 5.74) is 0.857. The van der Waals surface area contributed by atoms with Crippen LogP contribution >= 0.6 is 0 Å². The molecule has 2 atom stereocenters. The Kier molecular flexibility index (Phi) is 6.00. The lowest BCUT2D eigenvalue weighted by molar-refractivity contribution is -0.148. The summed E-state index contributed by atoms with van der Waals surface area (Å²) in [6, 6.07) is 3.67. The van der Waals surface area contributed by atoms with Crippen molar-refractivity contribution in [1.82, 2.24) is 20.0 Å². The first-order valence-corrected chi connectivity index (χ1v) is 10.4. The zero-order valence-corrected chi connectivity index (χ0v) is 16.4. The maximum atomic E-state index is 12.8. The van der Waals surface area contributed by atoms with Gasteiger partial charge < -0.3 is 14.2 Å². The average molecular weight is 384 g/mol. The lowest BCUT2D eigenvalue weighted by atomic mass is 10.1. The first-order valence-electron chi connectivity index (χ1n) is 10.4. The number of morpholine rings is 1. The minimum absolute atomic E-state index is 0.152. The molecule has 0 radical (unpaired) electrons. The monoisotopic (exact) mass is 384 g/mol. The van der Waals surface area contributed by atoms with Gasteiger partial charge in [0.1, 0.15) is 0 Å². The fourth-order valence-electron chi connectivity index (χ4n) is 3.74. The molecular weight excluding hydrogens is 356 g/mol. The largest absolute Gasteiger partial charge is 0.371 e. The van der Waals surface area contributed by atoms with Crippen LogP contribution in [0.1, 0.15) is 51.3 Å². The van der Waals surface area contributed by atoms with Crippen LogP contribution in [0.25, 0.3) is 11.4 Å². The van der Waals surface area contributed by atoms with Gasteiger partial charge in [-0.25, -0.2) is 0 Å². The molecule has 0 aromatic carbocycles. The van der Waals surface area contributed by atoms with Crippen molar-refractivity contribution in [3.63, 3.8) is 0 Å². The quantitative estimate of drug-likeness (QED) is 0.695. The molecule has 3 heterocycles. The Morgan fingerprint density at radius 2 is 2.07 bits per heavy atom. The zero-order chi connectivity index (χ0) is 19.3. The summed E-state index contributed by atoms with van der Waals surface area (Å²) >= 11 is 0. The topological polar surface area (TPSA) is 81.4 Å².